The second kappa shape index (κ2) is 9.98. The molecule has 2 heterocycles. The average molecular weight is 429 g/mol. The molecule has 1 aliphatic rings. The number of thiophene rings is 1. The average Bonchev–Trinajstić information content (AvgIpc) is 3.18. The SMILES string of the molecule is CN=C(NCCC(=O)N1CCc2sccc2C1)NCc1ccccc1OC(C)(C)C. The Morgan fingerprint density at radius 2 is 2.03 bits per heavy atom. The molecule has 6 nitrogen and oxygen atoms in total. The molecule has 0 unspecified atom stereocenters. The summed E-state index contributed by atoms with van der Waals surface area (Å²) in [4.78, 5) is 20.2. The van der Waals surface area contributed by atoms with Crippen molar-refractivity contribution in [1.82, 2.24) is 15.5 Å². The molecule has 3 rings (SSSR count). The summed E-state index contributed by atoms with van der Waals surface area (Å²) in [5.74, 6) is 1.71. The molecule has 0 spiro atoms. The third-order valence-corrected chi connectivity index (χ3v) is 5.87. The maximum Gasteiger partial charge on any atom is 0.224 e. The van der Waals surface area contributed by atoms with Crippen LogP contribution in [0.3, 0.4) is 0 Å². The van der Waals surface area contributed by atoms with Crippen LogP contribution in [0.15, 0.2) is 40.7 Å². The van der Waals surface area contributed by atoms with Crippen molar-refractivity contribution in [3.8, 4) is 5.75 Å². The van der Waals surface area contributed by atoms with Crippen molar-refractivity contribution >= 4 is 23.2 Å². The zero-order valence-corrected chi connectivity index (χ0v) is 19.1. The highest BCUT2D eigenvalue weighted by atomic mass is 32.1. The fourth-order valence-electron chi connectivity index (χ4n) is 3.39. The van der Waals surface area contributed by atoms with E-state index in [1.165, 1.54) is 10.4 Å². The number of fused-ring (bicyclic) bond motifs is 1. The van der Waals surface area contributed by atoms with Crippen molar-refractivity contribution in [2.24, 2.45) is 4.99 Å². The first-order valence-corrected chi connectivity index (χ1v) is 11.3. The smallest absolute Gasteiger partial charge is 0.224 e. The summed E-state index contributed by atoms with van der Waals surface area (Å²) < 4.78 is 6.05. The molecule has 1 aromatic carbocycles. The summed E-state index contributed by atoms with van der Waals surface area (Å²) in [5.41, 5.74) is 2.10. The Morgan fingerprint density at radius 3 is 2.80 bits per heavy atom. The normalized spacial score (nSPS) is 14.3. The maximum absolute atomic E-state index is 12.6. The van der Waals surface area contributed by atoms with Crippen LogP contribution >= 0.6 is 11.3 Å². The lowest BCUT2D eigenvalue weighted by molar-refractivity contribution is -0.131. The lowest BCUT2D eigenvalue weighted by atomic mass is 10.1. The Balaban J connectivity index is 1.45. The molecule has 1 aromatic heterocycles. The molecule has 2 aromatic rings. The van der Waals surface area contributed by atoms with E-state index >= 15 is 0 Å². The second-order valence-corrected chi connectivity index (χ2v) is 9.36. The number of hydrogen-bond acceptors (Lipinski definition) is 4. The standard InChI is InChI=1S/C23H32N4O2S/c1-23(2,3)29-19-8-6-5-7-17(19)15-26-22(24-4)25-12-9-21(28)27-13-10-20-18(16-27)11-14-30-20/h5-8,11,14H,9-10,12-13,15-16H2,1-4H3,(H2,24,25,26). The molecular weight excluding hydrogens is 396 g/mol. The highest BCUT2D eigenvalue weighted by Crippen LogP contribution is 2.24. The number of carbonyl (C=O) groups excluding carboxylic acids is 1. The molecule has 162 valence electrons. The Hall–Kier alpha value is -2.54. The fraction of sp³-hybridized carbons (Fsp3) is 0.478. The van der Waals surface area contributed by atoms with Gasteiger partial charge in [-0.15, -0.1) is 11.3 Å². The minimum absolute atomic E-state index is 0.179. The van der Waals surface area contributed by atoms with Gasteiger partial charge in [0.15, 0.2) is 5.96 Å². The Bertz CT molecular complexity index is 885. The first kappa shape index (κ1) is 22.2. The summed E-state index contributed by atoms with van der Waals surface area (Å²) in [7, 11) is 1.73. The van der Waals surface area contributed by atoms with Crippen LogP contribution in [0.1, 0.15) is 43.2 Å². The van der Waals surface area contributed by atoms with Gasteiger partial charge in [0.2, 0.25) is 5.91 Å². The lowest BCUT2D eigenvalue weighted by Crippen LogP contribution is -2.40. The van der Waals surface area contributed by atoms with E-state index in [0.29, 0.717) is 25.5 Å². The number of carbonyl (C=O) groups is 1. The van der Waals surface area contributed by atoms with Crippen LogP contribution in [-0.2, 0) is 24.3 Å². The molecule has 2 N–H and O–H groups in total. The zero-order valence-electron chi connectivity index (χ0n) is 18.3. The van der Waals surface area contributed by atoms with Gasteiger partial charge in [-0.2, -0.15) is 0 Å². The van der Waals surface area contributed by atoms with Crippen molar-refractivity contribution in [3.05, 3.63) is 51.7 Å². The number of guanidine groups is 1. The third kappa shape index (κ3) is 6.23. The van der Waals surface area contributed by atoms with E-state index in [2.05, 4.69) is 27.1 Å². The highest BCUT2D eigenvalue weighted by molar-refractivity contribution is 7.10. The van der Waals surface area contributed by atoms with E-state index in [9.17, 15) is 4.79 Å². The van der Waals surface area contributed by atoms with E-state index in [0.717, 1.165) is 30.8 Å². The maximum atomic E-state index is 12.6. The molecule has 0 radical (unpaired) electrons. The van der Waals surface area contributed by atoms with Crippen LogP contribution in [0.25, 0.3) is 0 Å². The van der Waals surface area contributed by atoms with Gasteiger partial charge in [-0.25, -0.2) is 0 Å². The summed E-state index contributed by atoms with van der Waals surface area (Å²) in [5, 5.41) is 8.67. The van der Waals surface area contributed by atoms with Crippen LogP contribution in [-0.4, -0.2) is 42.5 Å². The topological polar surface area (TPSA) is 66.0 Å². The summed E-state index contributed by atoms with van der Waals surface area (Å²) in [6.45, 7) is 8.79. The van der Waals surface area contributed by atoms with Gasteiger partial charge in [0.25, 0.3) is 0 Å². The van der Waals surface area contributed by atoms with Gasteiger partial charge in [-0.1, -0.05) is 18.2 Å². The molecule has 7 heteroatoms. The summed E-state index contributed by atoms with van der Waals surface area (Å²) in [6, 6.07) is 10.1. The molecule has 1 aliphatic heterocycles. The van der Waals surface area contributed by atoms with E-state index in [4.69, 9.17) is 4.74 Å². The van der Waals surface area contributed by atoms with Crippen molar-refractivity contribution in [2.75, 3.05) is 20.1 Å². The first-order valence-electron chi connectivity index (χ1n) is 10.4. The van der Waals surface area contributed by atoms with Crippen molar-refractivity contribution < 1.29 is 9.53 Å². The van der Waals surface area contributed by atoms with Gasteiger partial charge in [-0.3, -0.25) is 9.79 Å². The van der Waals surface area contributed by atoms with Crippen LogP contribution in [0.2, 0.25) is 0 Å². The number of aliphatic imine (C=N–C) groups is 1. The van der Waals surface area contributed by atoms with Crippen molar-refractivity contribution in [1.29, 1.82) is 0 Å². The number of rotatable bonds is 6. The molecule has 0 saturated heterocycles. The molecular formula is C23H32N4O2S. The predicted octanol–water partition coefficient (Wildman–Crippen LogP) is 3.57. The van der Waals surface area contributed by atoms with E-state index < -0.39 is 0 Å². The molecule has 30 heavy (non-hydrogen) atoms. The van der Waals surface area contributed by atoms with Gasteiger partial charge in [0.1, 0.15) is 11.4 Å². The number of ether oxygens (including phenoxy) is 1. The number of para-hydroxylation sites is 1. The van der Waals surface area contributed by atoms with Crippen LogP contribution < -0.4 is 15.4 Å². The van der Waals surface area contributed by atoms with Crippen molar-refractivity contribution in [3.63, 3.8) is 0 Å². The number of amides is 1. The summed E-state index contributed by atoms with van der Waals surface area (Å²) in [6.07, 6.45) is 1.41. The summed E-state index contributed by atoms with van der Waals surface area (Å²) >= 11 is 1.79. The van der Waals surface area contributed by atoms with Crippen molar-refractivity contribution in [2.45, 2.75) is 52.3 Å². The number of benzene rings is 1. The van der Waals surface area contributed by atoms with E-state index in [1.807, 2.05) is 49.9 Å². The Kier molecular flexibility index (Phi) is 7.37. The molecule has 1 amide bonds. The minimum Gasteiger partial charge on any atom is -0.488 e. The van der Waals surface area contributed by atoms with Gasteiger partial charge in [0.05, 0.1) is 0 Å². The molecule has 0 aliphatic carbocycles. The van der Waals surface area contributed by atoms with E-state index in [1.54, 1.807) is 18.4 Å². The minimum atomic E-state index is -0.255. The van der Waals surface area contributed by atoms with Crippen LogP contribution in [0.5, 0.6) is 5.75 Å². The Morgan fingerprint density at radius 1 is 1.23 bits per heavy atom. The van der Waals surface area contributed by atoms with Gasteiger partial charge in [-0.05, 0) is 50.3 Å². The molecule has 0 saturated carbocycles. The largest absolute Gasteiger partial charge is 0.488 e. The van der Waals surface area contributed by atoms with E-state index in [-0.39, 0.29) is 11.5 Å². The molecule has 0 bridgehead atoms. The van der Waals surface area contributed by atoms with Crippen LogP contribution in [0, 0.1) is 0 Å². The first-order chi connectivity index (χ1) is 14.4. The molecule has 0 fully saturated rings. The Labute approximate surface area is 183 Å². The number of nitrogens with one attached hydrogen (secondary N) is 2. The zero-order chi connectivity index (χ0) is 21.6. The van der Waals surface area contributed by atoms with Crippen LogP contribution in [0.4, 0.5) is 0 Å². The highest BCUT2D eigenvalue weighted by Gasteiger charge is 2.21. The van der Waals surface area contributed by atoms with Gasteiger partial charge >= 0.3 is 0 Å². The quantitative estimate of drug-likeness (QED) is 0.545. The number of nitrogens with zero attached hydrogens (tertiary/aromatic N) is 2. The third-order valence-electron chi connectivity index (χ3n) is 4.85. The predicted molar refractivity (Wildman–Crippen MR) is 123 cm³/mol. The second-order valence-electron chi connectivity index (χ2n) is 8.36. The lowest BCUT2D eigenvalue weighted by Gasteiger charge is -2.27. The van der Waals surface area contributed by atoms with Gasteiger partial charge in [0, 0.05) is 50.1 Å². The molecule has 0 atom stereocenters. The monoisotopic (exact) mass is 428 g/mol. The fourth-order valence-corrected chi connectivity index (χ4v) is 4.28. The van der Waals surface area contributed by atoms with Gasteiger partial charge < -0.3 is 20.3 Å². The number of hydrogen-bond donors (Lipinski definition) is 2.